The molecule has 3 aliphatic heterocycles. The second-order valence-corrected chi connectivity index (χ2v) is 11.5. The van der Waals surface area contributed by atoms with Crippen molar-refractivity contribution in [1.29, 1.82) is 0 Å². The van der Waals surface area contributed by atoms with Gasteiger partial charge < -0.3 is 20.0 Å². The molecule has 234 valence electrons. The summed E-state index contributed by atoms with van der Waals surface area (Å²) in [5.41, 5.74) is 1.35. The molecule has 4 heterocycles. The molecule has 1 aromatic carbocycles. The Hall–Kier alpha value is -3.39. The number of nitrogens with zero attached hydrogens (tertiary/aromatic N) is 5. The van der Waals surface area contributed by atoms with Gasteiger partial charge in [-0.3, -0.25) is 14.5 Å². The van der Waals surface area contributed by atoms with E-state index < -0.39 is 47.7 Å². The highest BCUT2D eigenvalue weighted by Crippen LogP contribution is 2.41. The van der Waals surface area contributed by atoms with Crippen LogP contribution in [0.2, 0.25) is 0 Å². The topological polar surface area (TPSA) is 72.0 Å². The van der Waals surface area contributed by atoms with Gasteiger partial charge in [0.2, 0.25) is 11.8 Å². The zero-order valence-electron chi connectivity index (χ0n) is 24.1. The molecule has 5 rings (SSSR count). The molecule has 0 bridgehead atoms. The number of likely N-dealkylation sites (N-methyl/N-ethyl adjacent to an activating group) is 1. The van der Waals surface area contributed by atoms with Crippen molar-refractivity contribution in [1.82, 2.24) is 15.2 Å². The van der Waals surface area contributed by atoms with E-state index >= 15 is 0 Å². The van der Waals surface area contributed by atoms with Crippen LogP contribution >= 0.6 is 0 Å². The molecule has 2 fully saturated rings. The number of carbonyl (C=O) groups excluding carboxylic acids is 2. The Labute approximate surface area is 245 Å². The number of anilines is 3. The summed E-state index contributed by atoms with van der Waals surface area (Å²) in [4.78, 5) is 37.9. The average Bonchev–Trinajstić information content (AvgIpc) is 3.25. The molecule has 2 amide bonds. The summed E-state index contributed by atoms with van der Waals surface area (Å²) < 4.78 is 80.7. The first-order chi connectivity index (χ1) is 20.1. The number of amides is 2. The zero-order valence-corrected chi connectivity index (χ0v) is 24.1. The minimum absolute atomic E-state index is 0.0655. The number of alkyl halides is 6. The van der Waals surface area contributed by atoms with Gasteiger partial charge in [-0.1, -0.05) is 12.1 Å². The lowest BCUT2D eigenvalue weighted by molar-refractivity contribution is -0.164. The van der Waals surface area contributed by atoms with Crippen molar-refractivity contribution in [2.45, 2.75) is 51.1 Å². The van der Waals surface area contributed by atoms with Crippen molar-refractivity contribution in [3.63, 3.8) is 0 Å². The number of carbonyl (C=O) groups is 2. The molecular formula is C29H34F6N6O2. The second-order valence-electron chi connectivity index (χ2n) is 11.5. The van der Waals surface area contributed by atoms with E-state index in [2.05, 4.69) is 15.2 Å². The summed E-state index contributed by atoms with van der Waals surface area (Å²) in [6.45, 7) is 4.99. The normalized spacial score (nSPS) is 23.7. The molecular weight excluding hydrogens is 578 g/mol. The van der Waals surface area contributed by atoms with Gasteiger partial charge in [0.15, 0.2) is 0 Å². The summed E-state index contributed by atoms with van der Waals surface area (Å²) in [7, 11) is 1.57. The zero-order chi connectivity index (χ0) is 31.3. The van der Waals surface area contributed by atoms with Gasteiger partial charge in [0.05, 0.1) is 16.9 Å². The van der Waals surface area contributed by atoms with Crippen molar-refractivity contribution in [2.75, 3.05) is 61.0 Å². The minimum atomic E-state index is -4.66. The standard InChI is InChI=1S/C29H34F6N6O2/c1-17-6-4-7-21-25(17)40(10-5-9-39-11-8-36-22(16-39)29(33,34)35)15-19-13-24(42)41(26(19)27(43)38(21)3)23-14-20(28(30,31)32)12-18(2)37-23/h4,6-7,12,14,19,22,26,36H,5,8-11,13,15-16H2,1-3H3/t19-,22?,26+/m1/s1. The van der Waals surface area contributed by atoms with Gasteiger partial charge in [-0.2, -0.15) is 26.3 Å². The Morgan fingerprint density at radius 2 is 1.77 bits per heavy atom. The van der Waals surface area contributed by atoms with Crippen molar-refractivity contribution in [2.24, 2.45) is 5.92 Å². The third-order valence-corrected chi connectivity index (χ3v) is 8.43. The SMILES string of the molecule is Cc1cc(C(F)(F)F)cc(N2C(=O)C[C@@H]3CN(CCCN4CCNC(C(F)(F)F)C4)c4c(C)cccc4N(C)C(=O)[C@H]32)n1. The smallest absolute Gasteiger partial charge is 0.369 e. The lowest BCUT2D eigenvalue weighted by atomic mass is 9.95. The Morgan fingerprint density at radius 1 is 1.02 bits per heavy atom. The number of rotatable bonds is 5. The largest absolute Gasteiger partial charge is 0.416 e. The van der Waals surface area contributed by atoms with Crippen LogP contribution in [0.1, 0.15) is 29.7 Å². The van der Waals surface area contributed by atoms with E-state index in [0.29, 0.717) is 31.7 Å². The minimum Gasteiger partial charge on any atom is -0.369 e. The summed E-state index contributed by atoms with van der Waals surface area (Å²) in [6, 6.07) is 4.49. The van der Waals surface area contributed by atoms with Crippen molar-refractivity contribution in [3.05, 3.63) is 47.2 Å². The predicted octanol–water partition coefficient (Wildman–Crippen LogP) is 4.15. The fourth-order valence-corrected chi connectivity index (χ4v) is 6.42. The van der Waals surface area contributed by atoms with Crippen LogP contribution in [0.5, 0.6) is 0 Å². The van der Waals surface area contributed by atoms with Crippen molar-refractivity contribution in [3.8, 4) is 0 Å². The van der Waals surface area contributed by atoms with Gasteiger partial charge >= 0.3 is 12.4 Å². The molecule has 0 saturated carbocycles. The number of hydrogen-bond donors (Lipinski definition) is 1. The summed E-state index contributed by atoms with van der Waals surface area (Å²) in [5, 5.41) is 2.52. The molecule has 2 saturated heterocycles. The maximum atomic E-state index is 13.9. The fourth-order valence-electron chi connectivity index (χ4n) is 6.42. The number of aryl methyl sites for hydroxylation is 2. The van der Waals surface area contributed by atoms with Crippen LogP contribution in [-0.4, -0.2) is 86.3 Å². The van der Waals surface area contributed by atoms with Crippen LogP contribution in [-0.2, 0) is 15.8 Å². The number of fused-ring (bicyclic) bond motifs is 2. The van der Waals surface area contributed by atoms with Crippen molar-refractivity contribution >= 4 is 29.0 Å². The lowest BCUT2D eigenvalue weighted by Gasteiger charge is -2.40. The molecule has 0 radical (unpaired) electrons. The first-order valence-corrected chi connectivity index (χ1v) is 14.2. The summed E-state index contributed by atoms with van der Waals surface area (Å²) >= 11 is 0. The van der Waals surface area contributed by atoms with Gasteiger partial charge in [0.1, 0.15) is 17.9 Å². The molecule has 14 heteroatoms. The van der Waals surface area contributed by atoms with E-state index in [4.69, 9.17) is 0 Å². The van der Waals surface area contributed by atoms with Crippen molar-refractivity contribution < 1.29 is 35.9 Å². The van der Waals surface area contributed by atoms with Crippen LogP contribution in [0.4, 0.5) is 43.5 Å². The van der Waals surface area contributed by atoms with Gasteiger partial charge in [-0.15, -0.1) is 0 Å². The third-order valence-electron chi connectivity index (χ3n) is 8.43. The van der Waals surface area contributed by atoms with Crippen LogP contribution in [0.3, 0.4) is 0 Å². The number of nitrogens with one attached hydrogen (secondary N) is 1. The van der Waals surface area contributed by atoms with Crippen LogP contribution in [0.25, 0.3) is 0 Å². The first-order valence-electron chi connectivity index (χ1n) is 14.2. The maximum Gasteiger partial charge on any atom is 0.416 e. The van der Waals surface area contributed by atoms with Gasteiger partial charge in [-0.25, -0.2) is 4.98 Å². The molecule has 0 aliphatic carbocycles. The Morgan fingerprint density at radius 3 is 2.47 bits per heavy atom. The molecule has 1 unspecified atom stereocenters. The van der Waals surface area contributed by atoms with E-state index in [1.165, 1.54) is 11.8 Å². The molecule has 3 atom stereocenters. The quantitative estimate of drug-likeness (QED) is 0.512. The molecule has 43 heavy (non-hydrogen) atoms. The number of halogens is 6. The Kier molecular flexibility index (Phi) is 8.38. The lowest BCUT2D eigenvalue weighted by Crippen LogP contribution is -2.57. The van der Waals surface area contributed by atoms with E-state index in [-0.39, 0.29) is 37.6 Å². The second kappa shape index (κ2) is 11.6. The van der Waals surface area contributed by atoms with E-state index in [1.807, 2.05) is 13.0 Å². The molecule has 8 nitrogen and oxygen atoms in total. The molecule has 3 aliphatic rings. The number of hydrogen-bond acceptors (Lipinski definition) is 6. The average molecular weight is 613 g/mol. The van der Waals surface area contributed by atoms with Gasteiger partial charge in [-0.05, 0) is 50.6 Å². The van der Waals surface area contributed by atoms with E-state index in [1.54, 1.807) is 24.1 Å². The molecule has 2 aromatic rings. The number of para-hydroxylation sites is 1. The molecule has 1 N–H and O–H groups in total. The van der Waals surface area contributed by atoms with Gasteiger partial charge in [0, 0.05) is 57.8 Å². The highest BCUT2D eigenvalue weighted by atomic mass is 19.4. The van der Waals surface area contributed by atoms with Crippen LogP contribution < -0.4 is 20.0 Å². The Bertz CT molecular complexity index is 1380. The summed E-state index contributed by atoms with van der Waals surface area (Å²) in [5.74, 6) is -1.70. The highest BCUT2D eigenvalue weighted by molar-refractivity contribution is 6.10. The first kappa shape index (κ1) is 31.0. The molecule has 1 aromatic heterocycles. The highest BCUT2D eigenvalue weighted by Gasteiger charge is 2.49. The van der Waals surface area contributed by atoms with E-state index in [0.717, 1.165) is 28.3 Å². The maximum absolute atomic E-state index is 13.9. The number of pyridine rings is 1. The predicted molar refractivity (Wildman–Crippen MR) is 149 cm³/mol. The number of aromatic nitrogens is 1. The fraction of sp³-hybridized carbons (Fsp3) is 0.552. The molecule has 0 spiro atoms. The van der Waals surface area contributed by atoms with E-state index in [9.17, 15) is 35.9 Å². The van der Waals surface area contributed by atoms with Gasteiger partial charge in [0.25, 0.3) is 0 Å². The Balaban J connectivity index is 1.44. The van der Waals surface area contributed by atoms with Crippen LogP contribution in [0.15, 0.2) is 30.3 Å². The monoisotopic (exact) mass is 612 g/mol. The number of benzene rings is 1. The summed E-state index contributed by atoms with van der Waals surface area (Å²) in [6.07, 6.45) is -8.54. The third kappa shape index (κ3) is 6.30. The van der Waals surface area contributed by atoms with Crippen LogP contribution in [0, 0.1) is 19.8 Å². The number of piperazine rings is 1.